The minimum Gasteiger partial charge on any atom is -0.481 e. The van der Waals surface area contributed by atoms with Gasteiger partial charge < -0.3 is 20.1 Å². The summed E-state index contributed by atoms with van der Waals surface area (Å²) in [6.07, 6.45) is 4.66. The van der Waals surface area contributed by atoms with Crippen LogP contribution in [0.1, 0.15) is 39.5 Å². The number of hydrogen-bond donors (Lipinski definition) is 3. The predicted octanol–water partition coefficient (Wildman–Crippen LogP) is 1.31. The Bertz CT molecular complexity index is 251. The molecule has 0 aromatic heterocycles. The minimum absolute atomic E-state index is 0.0993. The number of carboxylic acids is 1. The first kappa shape index (κ1) is 18.4. The number of rotatable bonds is 5. The van der Waals surface area contributed by atoms with Gasteiger partial charge in [0.05, 0.1) is 5.92 Å². The van der Waals surface area contributed by atoms with Crippen molar-refractivity contribution in [1.29, 1.82) is 0 Å². The molecule has 3 N–H and O–H groups in total. The Labute approximate surface area is 116 Å². The van der Waals surface area contributed by atoms with Crippen molar-refractivity contribution in [2.45, 2.75) is 45.9 Å². The Morgan fingerprint density at radius 1 is 1.26 bits per heavy atom. The van der Waals surface area contributed by atoms with E-state index in [-0.39, 0.29) is 5.92 Å². The van der Waals surface area contributed by atoms with E-state index in [0.29, 0.717) is 12.2 Å². The van der Waals surface area contributed by atoms with Gasteiger partial charge in [-0.25, -0.2) is 0 Å². The maximum absolute atomic E-state index is 11.0. The Morgan fingerprint density at radius 3 is 2.21 bits per heavy atom. The smallest absolute Gasteiger partial charge is 0.451 e. The Hall–Kier alpha value is -0.585. The van der Waals surface area contributed by atoms with Crippen molar-refractivity contribution >= 4 is 13.1 Å². The van der Waals surface area contributed by atoms with Crippen LogP contribution in [0, 0.1) is 11.8 Å². The van der Waals surface area contributed by atoms with E-state index in [2.05, 4.69) is 18.9 Å². The molecule has 0 aromatic carbocycles. The van der Waals surface area contributed by atoms with Crippen molar-refractivity contribution < 1.29 is 19.9 Å². The lowest BCUT2D eigenvalue weighted by Crippen LogP contribution is -2.35. The van der Waals surface area contributed by atoms with Gasteiger partial charge in [-0.15, -0.1) is 0 Å². The third-order valence-corrected chi connectivity index (χ3v) is 3.68. The van der Waals surface area contributed by atoms with Gasteiger partial charge in [0, 0.05) is 6.54 Å². The zero-order valence-electron chi connectivity index (χ0n) is 12.4. The first-order chi connectivity index (χ1) is 8.92. The Morgan fingerprint density at radius 2 is 1.79 bits per heavy atom. The summed E-state index contributed by atoms with van der Waals surface area (Å²) in [5.74, 6) is -0.330. The van der Waals surface area contributed by atoms with Crippen LogP contribution in [0.15, 0.2) is 0 Å². The van der Waals surface area contributed by atoms with E-state index in [1.807, 2.05) is 0 Å². The highest BCUT2D eigenvalue weighted by Crippen LogP contribution is 2.30. The fourth-order valence-corrected chi connectivity index (χ4v) is 2.28. The van der Waals surface area contributed by atoms with Crippen LogP contribution in [-0.4, -0.2) is 53.3 Å². The van der Waals surface area contributed by atoms with Crippen LogP contribution in [0.5, 0.6) is 0 Å². The molecular formula is C13H28BNO4. The molecule has 1 rings (SSSR count). The van der Waals surface area contributed by atoms with E-state index in [4.69, 9.17) is 15.2 Å². The second kappa shape index (κ2) is 10.2. The number of carbonyl (C=O) groups is 1. The molecule has 0 spiro atoms. The second-order valence-corrected chi connectivity index (χ2v) is 5.23. The quantitative estimate of drug-likeness (QED) is 0.658. The third kappa shape index (κ3) is 8.24. The molecule has 0 saturated heterocycles. The highest BCUT2D eigenvalue weighted by Gasteiger charge is 2.30. The second-order valence-electron chi connectivity index (χ2n) is 5.23. The molecule has 6 heteroatoms. The SMILES string of the molecule is CCB(O)O.CCN(C)CC1CCCC[C@@H]1C(=O)O. The first-order valence-electron chi connectivity index (χ1n) is 7.19. The molecule has 0 bridgehead atoms. The molecule has 112 valence electrons. The Balaban J connectivity index is 0.000000555. The molecule has 5 nitrogen and oxygen atoms in total. The first-order valence-corrected chi connectivity index (χ1v) is 7.19. The average Bonchev–Trinajstić information content (AvgIpc) is 2.39. The van der Waals surface area contributed by atoms with Gasteiger partial charge in [0.15, 0.2) is 0 Å². The standard InChI is InChI=1S/C11H21NO2.C2H7BO2/c1-3-12(2)8-9-6-4-5-7-10(9)11(13)14;1-2-3(4)5/h9-10H,3-8H2,1-2H3,(H,13,14);4-5H,2H2,1H3/t9?,10-;/m0./s1. The van der Waals surface area contributed by atoms with E-state index in [9.17, 15) is 4.79 Å². The summed E-state index contributed by atoms with van der Waals surface area (Å²) < 4.78 is 0. The summed E-state index contributed by atoms with van der Waals surface area (Å²) in [7, 11) is 0.947. The van der Waals surface area contributed by atoms with Gasteiger partial charge in [0.2, 0.25) is 0 Å². The molecule has 2 atom stereocenters. The molecule has 1 unspecified atom stereocenters. The van der Waals surface area contributed by atoms with Crippen molar-refractivity contribution in [3.8, 4) is 0 Å². The van der Waals surface area contributed by atoms with E-state index in [1.54, 1.807) is 6.92 Å². The third-order valence-electron chi connectivity index (χ3n) is 3.68. The molecule has 0 aromatic rings. The lowest BCUT2D eigenvalue weighted by Gasteiger charge is -2.31. The highest BCUT2D eigenvalue weighted by atomic mass is 16.4. The molecule has 1 aliphatic carbocycles. The zero-order valence-corrected chi connectivity index (χ0v) is 12.4. The lowest BCUT2D eigenvalue weighted by atomic mass is 9.79. The normalized spacial score (nSPS) is 22.6. The molecule has 1 aliphatic rings. The van der Waals surface area contributed by atoms with Gasteiger partial charge in [-0.2, -0.15) is 0 Å². The van der Waals surface area contributed by atoms with Gasteiger partial charge in [-0.1, -0.05) is 26.7 Å². The average molecular weight is 273 g/mol. The Kier molecular flexibility index (Phi) is 9.92. The van der Waals surface area contributed by atoms with Crippen molar-refractivity contribution in [1.82, 2.24) is 4.90 Å². The van der Waals surface area contributed by atoms with E-state index < -0.39 is 13.1 Å². The molecule has 1 saturated carbocycles. The van der Waals surface area contributed by atoms with Crippen LogP contribution >= 0.6 is 0 Å². The van der Waals surface area contributed by atoms with Gasteiger partial charge in [-0.05, 0) is 38.7 Å². The summed E-state index contributed by atoms with van der Waals surface area (Å²) in [4.78, 5) is 13.2. The van der Waals surface area contributed by atoms with Crippen LogP contribution in [0.2, 0.25) is 6.32 Å². The van der Waals surface area contributed by atoms with Crippen LogP contribution in [0.4, 0.5) is 0 Å². The van der Waals surface area contributed by atoms with Crippen LogP contribution in [-0.2, 0) is 4.79 Å². The van der Waals surface area contributed by atoms with Gasteiger partial charge in [0.1, 0.15) is 0 Å². The van der Waals surface area contributed by atoms with Gasteiger partial charge in [-0.3, -0.25) is 4.79 Å². The maximum atomic E-state index is 11.0. The summed E-state index contributed by atoms with van der Waals surface area (Å²) >= 11 is 0. The molecular weight excluding hydrogens is 245 g/mol. The van der Waals surface area contributed by atoms with Gasteiger partial charge in [0.25, 0.3) is 0 Å². The molecule has 1 fully saturated rings. The lowest BCUT2D eigenvalue weighted by molar-refractivity contribution is -0.145. The van der Waals surface area contributed by atoms with Crippen LogP contribution in [0.25, 0.3) is 0 Å². The molecule has 0 aliphatic heterocycles. The van der Waals surface area contributed by atoms with Crippen LogP contribution in [0.3, 0.4) is 0 Å². The number of nitrogens with zero attached hydrogens (tertiary/aromatic N) is 1. The fraction of sp³-hybridized carbons (Fsp3) is 0.923. The zero-order chi connectivity index (χ0) is 14.8. The summed E-state index contributed by atoms with van der Waals surface area (Å²) in [6.45, 7) is 5.75. The molecule has 0 heterocycles. The summed E-state index contributed by atoms with van der Waals surface area (Å²) in [5.41, 5.74) is 0. The fourth-order valence-electron chi connectivity index (χ4n) is 2.28. The monoisotopic (exact) mass is 273 g/mol. The summed E-state index contributed by atoms with van der Waals surface area (Å²) in [6, 6.07) is 0. The van der Waals surface area contributed by atoms with Crippen molar-refractivity contribution in [3.05, 3.63) is 0 Å². The summed E-state index contributed by atoms with van der Waals surface area (Å²) in [5, 5.41) is 24.9. The maximum Gasteiger partial charge on any atom is 0.451 e. The predicted molar refractivity (Wildman–Crippen MR) is 76.9 cm³/mol. The molecule has 0 amide bonds. The van der Waals surface area contributed by atoms with Crippen LogP contribution < -0.4 is 0 Å². The topological polar surface area (TPSA) is 81.0 Å². The van der Waals surface area contributed by atoms with Crippen molar-refractivity contribution in [2.24, 2.45) is 11.8 Å². The van der Waals surface area contributed by atoms with E-state index in [0.717, 1.165) is 32.4 Å². The highest BCUT2D eigenvalue weighted by molar-refractivity contribution is 6.40. The van der Waals surface area contributed by atoms with Crippen molar-refractivity contribution in [3.63, 3.8) is 0 Å². The number of hydrogen-bond acceptors (Lipinski definition) is 4. The molecule has 0 radical (unpaired) electrons. The van der Waals surface area contributed by atoms with E-state index in [1.165, 1.54) is 6.42 Å². The molecule has 19 heavy (non-hydrogen) atoms. The number of carboxylic acid groups (broad SMARTS) is 1. The van der Waals surface area contributed by atoms with Crippen molar-refractivity contribution in [2.75, 3.05) is 20.1 Å². The van der Waals surface area contributed by atoms with E-state index >= 15 is 0 Å². The minimum atomic E-state index is -1.12. The number of aliphatic carboxylic acids is 1. The van der Waals surface area contributed by atoms with Gasteiger partial charge >= 0.3 is 13.1 Å². The largest absolute Gasteiger partial charge is 0.481 e.